The molecule has 2 heterocycles. The number of carbonyl (C=O) groups is 2. The highest BCUT2D eigenvalue weighted by atomic mass is 16.7. The maximum Gasteiger partial charge on any atom is 0.515 e. The number of anilines is 1. The third-order valence-corrected chi connectivity index (χ3v) is 5.88. The number of aromatic nitrogens is 3. The van der Waals surface area contributed by atoms with Gasteiger partial charge >= 0.3 is 6.16 Å². The average molecular weight is 501 g/mol. The molecule has 2 aromatic heterocycles. The van der Waals surface area contributed by atoms with E-state index in [-0.39, 0.29) is 17.7 Å². The second-order valence-corrected chi connectivity index (χ2v) is 9.98. The molecule has 1 unspecified atom stereocenters. The molecule has 0 saturated carbocycles. The summed E-state index contributed by atoms with van der Waals surface area (Å²) in [4.78, 5) is 29.8. The summed E-state index contributed by atoms with van der Waals surface area (Å²) in [6.45, 7) is 11.0. The number of nitrogens with zero attached hydrogens (tertiary/aromatic N) is 3. The van der Waals surface area contributed by atoms with Crippen molar-refractivity contribution in [1.29, 1.82) is 0 Å². The monoisotopic (exact) mass is 500 g/mol. The van der Waals surface area contributed by atoms with Crippen molar-refractivity contribution in [2.24, 2.45) is 5.92 Å². The van der Waals surface area contributed by atoms with E-state index in [4.69, 9.17) is 14.5 Å². The molecule has 192 valence electrons. The fourth-order valence-electron chi connectivity index (χ4n) is 3.76. The van der Waals surface area contributed by atoms with E-state index in [2.05, 4.69) is 10.4 Å². The van der Waals surface area contributed by atoms with Crippen LogP contribution in [-0.2, 0) is 9.53 Å². The molecule has 8 nitrogen and oxygen atoms in total. The van der Waals surface area contributed by atoms with Gasteiger partial charge in [-0.05, 0) is 70.5 Å². The molecule has 0 spiro atoms. The van der Waals surface area contributed by atoms with Crippen LogP contribution in [0.2, 0.25) is 0 Å². The highest BCUT2D eigenvalue weighted by molar-refractivity contribution is 5.92. The first kappa shape index (κ1) is 25.9. The quantitative estimate of drug-likeness (QED) is 0.296. The molecule has 2 aromatic carbocycles. The number of rotatable bonds is 6. The van der Waals surface area contributed by atoms with E-state index in [1.165, 1.54) is 0 Å². The van der Waals surface area contributed by atoms with E-state index in [0.717, 1.165) is 17.3 Å². The van der Waals surface area contributed by atoms with Crippen LogP contribution >= 0.6 is 0 Å². The van der Waals surface area contributed by atoms with E-state index in [9.17, 15) is 9.59 Å². The van der Waals surface area contributed by atoms with Crippen LogP contribution in [-0.4, -0.2) is 32.4 Å². The average Bonchev–Trinajstić information content (AvgIpc) is 3.17. The molecular weight excluding hydrogens is 468 g/mol. The number of pyridine rings is 1. The van der Waals surface area contributed by atoms with Gasteiger partial charge in [-0.25, -0.2) is 9.78 Å². The van der Waals surface area contributed by atoms with Crippen LogP contribution in [0.4, 0.5) is 10.5 Å². The number of nitrogens with one attached hydrogen (secondary N) is 1. The van der Waals surface area contributed by atoms with Crippen molar-refractivity contribution in [3.8, 4) is 22.8 Å². The van der Waals surface area contributed by atoms with Crippen molar-refractivity contribution in [2.75, 3.05) is 5.32 Å². The van der Waals surface area contributed by atoms with Crippen LogP contribution in [0.5, 0.6) is 5.88 Å². The lowest BCUT2D eigenvalue weighted by Gasteiger charge is -2.19. The minimum absolute atomic E-state index is 0.0382. The number of hydrogen-bond acceptors (Lipinski definition) is 6. The maximum absolute atomic E-state index is 12.7. The summed E-state index contributed by atoms with van der Waals surface area (Å²) < 4.78 is 12.7. The van der Waals surface area contributed by atoms with Crippen molar-refractivity contribution in [2.45, 2.75) is 53.6 Å². The Bertz CT molecular complexity index is 1430. The Morgan fingerprint density at radius 1 is 1.03 bits per heavy atom. The first-order valence-corrected chi connectivity index (χ1v) is 12.3. The van der Waals surface area contributed by atoms with Crippen molar-refractivity contribution in [3.05, 3.63) is 66.4 Å². The second kappa shape index (κ2) is 10.4. The fourth-order valence-corrected chi connectivity index (χ4v) is 3.76. The lowest BCUT2D eigenvalue weighted by Crippen LogP contribution is -2.26. The van der Waals surface area contributed by atoms with Crippen LogP contribution in [0.25, 0.3) is 27.8 Å². The van der Waals surface area contributed by atoms with Crippen molar-refractivity contribution in [3.63, 3.8) is 0 Å². The van der Waals surface area contributed by atoms with E-state index in [0.29, 0.717) is 28.3 Å². The maximum atomic E-state index is 12.7. The highest BCUT2D eigenvalue weighted by Gasteiger charge is 2.26. The van der Waals surface area contributed by atoms with Gasteiger partial charge < -0.3 is 14.8 Å². The normalized spacial score (nSPS) is 12.3. The van der Waals surface area contributed by atoms with Gasteiger partial charge in [-0.1, -0.05) is 38.1 Å². The number of benzene rings is 2. The summed E-state index contributed by atoms with van der Waals surface area (Å²) in [5.74, 6) is 0.0778. The molecule has 37 heavy (non-hydrogen) atoms. The standard InChI is InChI=1S/C29H32N4O4/c1-7-18(2)26(34)30-21-13-15-22(16-14-21)33-27(36-28(35)37-29(4,5)6)25(19(3)32-33)24-17-12-20-10-8-9-11-23(20)31-24/h8-18H,7H2,1-6H3,(H,30,34). The van der Waals surface area contributed by atoms with E-state index in [1.807, 2.05) is 57.2 Å². The summed E-state index contributed by atoms with van der Waals surface area (Å²) in [5, 5.41) is 8.60. The van der Waals surface area contributed by atoms with E-state index >= 15 is 0 Å². The Morgan fingerprint density at radius 3 is 2.41 bits per heavy atom. The van der Waals surface area contributed by atoms with E-state index in [1.54, 1.807) is 49.7 Å². The minimum Gasteiger partial charge on any atom is -0.428 e. The highest BCUT2D eigenvalue weighted by Crippen LogP contribution is 2.36. The van der Waals surface area contributed by atoms with Gasteiger partial charge in [-0.2, -0.15) is 9.78 Å². The fraction of sp³-hybridized carbons (Fsp3) is 0.310. The zero-order valence-corrected chi connectivity index (χ0v) is 22.0. The number of carbonyl (C=O) groups excluding carboxylic acids is 2. The van der Waals surface area contributed by atoms with Gasteiger partial charge in [0.1, 0.15) is 5.60 Å². The number of fused-ring (bicyclic) bond motifs is 1. The Hall–Kier alpha value is -4.20. The van der Waals surface area contributed by atoms with Crippen LogP contribution < -0.4 is 10.1 Å². The molecule has 0 bridgehead atoms. The molecule has 0 saturated heterocycles. The molecule has 0 aliphatic carbocycles. The van der Waals surface area contributed by atoms with Gasteiger partial charge in [0.25, 0.3) is 0 Å². The Balaban J connectivity index is 1.76. The van der Waals surface area contributed by atoms with Gasteiger partial charge in [-0.3, -0.25) is 4.79 Å². The molecule has 0 fully saturated rings. The minimum atomic E-state index is -0.840. The summed E-state index contributed by atoms with van der Waals surface area (Å²) in [6.07, 6.45) is -0.0823. The lowest BCUT2D eigenvalue weighted by molar-refractivity contribution is -0.119. The number of amides is 1. The molecule has 1 N–H and O–H groups in total. The molecule has 8 heteroatoms. The van der Waals surface area contributed by atoms with Crippen molar-refractivity contribution >= 4 is 28.7 Å². The SMILES string of the molecule is CCC(C)C(=O)Nc1ccc(-n2nc(C)c(-c3ccc4ccccc4n3)c2OC(=O)OC(C)(C)C)cc1. The molecule has 1 atom stereocenters. The molecule has 1 amide bonds. The number of hydrogen-bond donors (Lipinski definition) is 1. The van der Waals surface area contributed by atoms with Gasteiger partial charge in [0.05, 0.1) is 28.2 Å². The molecule has 4 rings (SSSR count). The predicted octanol–water partition coefficient (Wildman–Crippen LogP) is 6.69. The Morgan fingerprint density at radius 2 is 1.73 bits per heavy atom. The summed E-state index contributed by atoms with van der Waals surface area (Å²) in [7, 11) is 0. The molecule has 4 aromatic rings. The third kappa shape index (κ3) is 5.97. The zero-order valence-electron chi connectivity index (χ0n) is 22.0. The molecule has 0 aliphatic rings. The Labute approximate surface area is 216 Å². The summed E-state index contributed by atoms with van der Waals surface area (Å²) in [6, 6.07) is 18.8. The first-order valence-electron chi connectivity index (χ1n) is 12.3. The number of ether oxygens (including phenoxy) is 2. The lowest BCUT2D eigenvalue weighted by atomic mass is 10.1. The third-order valence-electron chi connectivity index (χ3n) is 5.88. The largest absolute Gasteiger partial charge is 0.515 e. The van der Waals surface area contributed by atoms with Crippen LogP contribution in [0.15, 0.2) is 60.7 Å². The Kier molecular flexibility index (Phi) is 7.29. The van der Waals surface area contributed by atoms with Gasteiger partial charge in [0.2, 0.25) is 11.8 Å². The van der Waals surface area contributed by atoms with Crippen molar-refractivity contribution < 1.29 is 19.1 Å². The van der Waals surface area contributed by atoms with Gasteiger partial charge in [0.15, 0.2) is 0 Å². The summed E-state index contributed by atoms with van der Waals surface area (Å²) in [5.41, 5.74) is 3.25. The van der Waals surface area contributed by atoms with E-state index < -0.39 is 11.8 Å². The second-order valence-electron chi connectivity index (χ2n) is 9.98. The van der Waals surface area contributed by atoms with Crippen molar-refractivity contribution in [1.82, 2.24) is 14.8 Å². The smallest absolute Gasteiger partial charge is 0.428 e. The summed E-state index contributed by atoms with van der Waals surface area (Å²) >= 11 is 0. The molecule has 0 aliphatic heterocycles. The number of para-hydroxylation sites is 1. The zero-order chi connectivity index (χ0) is 26.7. The first-order chi connectivity index (χ1) is 17.6. The van der Waals surface area contributed by atoms with Gasteiger partial charge in [0, 0.05) is 17.0 Å². The van der Waals surface area contributed by atoms with Crippen LogP contribution in [0, 0.1) is 12.8 Å². The molecular formula is C29H32N4O4. The predicted molar refractivity (Wildman–Crippen MR) is 144 cm³/mol. The number of aryl methyl sites for hydroxylation is 1. The van der Waals surface area contributed by atoms with Crippen LogP contribution in [0.3, 0.4) is 0 Å². The topological polar surface area (TPSA) is 95.3 Å². The molecule has 0 radical (unpaired) electrons. The van der Waals surface area contributed by atoms with Crippen LogP contribution in [0.1, 0.15) is 46.7 Å². The van der Waals surface area contributed by atoms with Gasteiger partial charge in [-0.15, -0.1) is 0 Å².